The highest BCUT2D eigenvalue weighted by Crippen LogP contribution is 2.19. The van der Waals surface area contributed by atoms with Gasteiger partial charge in [-0.3, -0.25) is 4.79 Å². The standard InChI is InChI=1S/C14H15NOS/c1-9-5-4-6-10(2)12(9)7-13(16)14-11(3)15-8-17-14/h4-6,8H,7H2,1-3H3. The lowest BCUT2D eigenvalue weighted by Crippen LogP contribution is -2.06. The van der Waals surface area contributed by atoms with Crippen molar-refractivity contribution in [2.75, 3.05) is 0 Å². The number of Topliss-reactive ketones (excluding diaryl/α,β-unsaturated/α-hetero) is 1. The second-order valence-electron chi connectivity index (χ2n) is 4.24. The minimum Gasteiger partial charge on any atom is -0.293 e. The zero-order valence-corrected chi connectivity index (χ0v) is 11.1. The van der Waals surface area contributed by atoms with Crippen LogP contribution in [-0.2, 0) is 6.42 Å². The van der Waals surface area contributed by atoms with Crippen molar-refractivity contribution < 1.29 is 4.79 Å². The Morgan fingerprint density at radius 1 is 1.24 bits per heavy atom. The summed E-state index contributed by atoms with van der Waals surface area (Å²) in [4.78, 5) is 17.1. The summed E-state index contributed by atoms with van der Waals surface area (Å²) in [6, 6.07) is 6.13. The molecule has 1 aromatic heterocycles. The summed E-state index contributed by atoms with van der Waals surface area (Å²) in [5.74, 6) is 0.169. The van der Waals surface area contributed by atoms with Gasteiger partial charge in [-0.2, -0.15) is 0 Å². The van der Waals surface area contributed by atoms with Gasteiger partial charge in [-0.15, -0.1) is 11.3 Å². The molecule has 0 aliphatic heterocycles. The Morgan fingerprint density at radius 2 is 1.88 bits per heavy atom. The Kier molecular flexibility index (Phi) is 3.38. The van der Waals surface area contributed by atoms with Gasteiger partial charge in [0, 0.05) is 6.42 Å². The Labute approximate surface area is 105 Å². The molecule has 0 bridgehead atoms. The average molecular weight is 245 g/mol. The first-order chi connectivity index (χ1) is 8.09. The fourth-order valence-electron chi connectivity index (χ4n) is 1.94. The van der Waals surface area contributed by atoms with E-state index in [1.54, 1.807) is 5.51 Å². The lowest BCUT2D eigenvalue weighted by atomic mass is 9.97. The van der Waals surface area contributed by atoms with Gasteiger partial charge >= 0.3 is 0 Å². The number of carbonyl (C=O) groups excluding carboxylic acids is 1. The molecule has 0 N–H and O–H groups in total. The van der Waals surface area contributed by atoms with E-state index in [0.29, 0.717) is 6.42 Å². The predicted octanol–water partition coefficient (Wildman–Crippen LogP) is 3.49. The predicted molar refractivity (Wildman–Crippen MR) is 70.8 cm³/mol. The first-order valence-electron chi connectivity index (χ1n) is 5.58. The molecule has 2 aromatic rings. The van der Waals surface area contributed by atoms with E-state index in [2.05, 4.69) is 31.0 Å². The highest BCUT2D eigenvalue weighted by molar-refractivity contribution is 7.11. The fourth-order valence-corrected chi connectivity index (χ4v) is 2.68. The topological polar surface area (TPSA) is 30.0 Å². The van der Waals surface area contributed by atoms with Crippen LogP contribution in [0.1, 0.15) is 32.1 Å². The van der Waals surface area contributed by atoms with Crippen LogP contribution < -0.4 is 0 Å². The molecule has 1 heterocycles. The Balaban J connectivity index is 2.28. The van der Waals surface area contributed by atoms with Gasteiger partial charge in [-0.05, 0) is 37.5 Å². The third-order valence-corrected chi connectivity index (χ3v) is 3.95. The number of benzene rings is 1. The van der Waals surface area contributed by atoms with Gasteiger partial charge in [-0.25, -0.2) is 4.98 Å². The number of carbonyl (C=O) groups is 1. The van der Waals surface area contributed by atoms with Crippen molar-refractivity contribution >= 4 is 17.1 Å². The molecule has 0 unspecified atom stereocenters. The van der Waals surface area contributed by atoms with E-state index in [9.17, 15) is 4.79 Å². The lowest BCUT2D eigenvalue weighted by molar-refractivity contribution is 0.0995. The number of ketones is 1. The third kappa shape index (κ3) is 2.44. The minimum atomic E-state index is 0.169. The van der Waals surface area contributed by atoms with E-state index in [1.165, 1.54) is 22.5 Å². The molecule has 1 aromatic carbocycles. The first-order valence-corrected chi connectivity index (χ1v) is 6.46. The molecular formula is C14H15NOS. The molecule has 0 amide bonds. The molecule has 2 rings (SSSR count). The largest absolute Gasteiger partial charge is 0.293 e. The Hall–Kier alpha value is -1.48. The van der Waals surface area contributed by atoms with Gasteiger partial charge in [0.1, 0.15) is 0 Å². The number of nitrogens with zero attached hydrogens (tertiary/aromatic N) is 1. The minimum absolute atomic E-state index is 0.169. The molecule has 88 valence electrons. The van der Waals surface area contributed by atoms with E-state index in [0.717, 1.165) is 16.1 Å². The van der Waals surface area contributed by atoms with E-state index in [4.69, 9.17) is 0 Å². The van der Waals surface area contributed by atoms with Crippen LogP contribution in [0.5, 0.6) is 0 Å². The quantitative estimate of drug-likeness (QED) is 0.775. The van der Waals surface area contributed by atoms with Crippen molar-refractivity contribution in [3.8, 4) is 0 Å². The normalized spacial score (nSPS) is 10.5. The molecule has 0 saturated heterocycles. The summed E-state index contributed by atoms with van der Waals surface area (Å²) in [6.45, 7) is 5.98. The molecule has 0 atom stereocenters. The van der Waals surface area contributed by atoms with Gasteiger partial charge in [0.05, 0.1) is 16.1 Å². The summed E-state index contributed by atoms with van der Waals surface area (Å²) in [7, 11) is 0. The van der Waals surface area contributed by atoms with Crippen LogP contribution in [0.25, 0.3) is 0 Å². The second kappa shape index (κ2) is 4.80. The molecular weight excluding hydrogens is 230 g/mol. The van der Waals surface area contributed by atoms with Crippen LogP contribution in [-0.4, -0.2) is 10.8 Å². The molecule has 0 aliphatic carbocycles. The SMILES string of the molecule is Cc1cccc(C)c1CC(=O)c1scnc1C. The van der Waals surface area contributed by atoms with Crippen LogP contribution >= 0.6 is 11.3 Å². The van der Waals surface area contributed by atoms with Gasteiger partial charge in [0.15, 0.2) is 5.78 Å². The zero-order chi connectivity index (χ0) is 12.4. The molecule has 3 heteroatoms. The molecule has 0 aliphatic rings. The van der Waals surface area contributed by atoms with Crippen molar-refractivity contribution in [3.05, 3.63) is 51.0 Å². The maximum Gasteiger partial charge on any atom is 0.179 e. The van der Waals surface area contributed by atoms with E-state index < -0.39 is 0 Å². The van der Waals surface area contributed by atoms with Crippen molar-refractivity contribution in [2.45, 2.75) is 27.2 Å². The summed E-state index contributed by atoms with van der Waals surface area (Å²) in [5, 5.41) is 0. The highest BCUT2D eigenvalue weighted by Gasteiger charge is 2.14. The van der Waals surface area contributed by atoms with Crippen molar-refractivity contribution in [3.63, 3.8) is 0 Å². The van der Waals surface area contributed by atoms with Crippen molar-refractivity contribution in [1.82, 2.24) is 4.98 Å². The highest BCUT2D eigenvalue weighted by atomic mass is 32.1. The summed E-state index contributed by atoms with van der Waals surface area (Å²) in [6.07, 6.45) is 0.474. The smallest absolute Gasteiger partial charge is 0.179 e. The summed E-state index contributed by atoms with van der Waals surface area (Å²) < 4.78 is 0. The lowest BCUT2D eigenvalue weighted by Gasteiger charge is -2.08. The number of hydrogen-bond donors (Lipinski definition) is 0. The summed E-state index contributed by atoms with van der Waals surface area (Å²) in [5.41, 5.74) is 6.07. The maximum absolute atomic E-state index is 12.2. The van der Waals surface area contributed by atoms with E-state index in [-0.39, 0.29) is 5.78 Å². The second-order valence-corrected chi connectivity index (χ2v) is 5.09. The molecule has 17 heavy (non-hydrogen) atoms. The molecule has 0 spiro atoms. The summed E-state index contributed by atoms with van der Waals surface area (Å²) >= 11 is 1.43. The number of thiazole rings is 1. The van der Waals surface area contributed by atoms with Gasteiger partial charge in [0.2, 0.25) is 0 Å². The van der Waals surface area contributed by atoms with E-state index >= 15 is 0 Å². The Morgan fingerprint density at radius 3 is 2.41 bits per heavy atom. The molecule has 0 saturated carbocycles. The van der Waals surface area contributed by atoms with Crippen LogP contribution in [0.15, 0.2) is 23.7 Å². The average Bonchev–Trinajstić information content (AvgIpc) is 2.70. The maximum atomic E-state index is 12.2. The van der Waals surface area contributed by atoms with Gasteiger partial charge in [0.25, 0.3) is 0 Å². The third-order valence-electron chi connectivity index (χ3n) is 2.98. The van der Waals surface area contributed by atoms with Crippen molar-refractivity contribution in [2.24, 2.45) is 0 Å². The number of rotatable bonds is 3. The monoisotopic (exact) mass is 245 g/mol. The number of aromatic nitrogens is 1. The van der Waals surface area contributed by atoms with Gasteiger partial charge in [-0.1, -0.05) is 18.2 Å². The number of aryl methyl sites for hydroxylation is 3. The first kappa shape index (κ1) is 12.0. The fraction of sp³-hybridized carbons (Fsp3) is 0.286. The zero-order valence-electron chi connectivity index (χ0n) is 10.3. The van der Waals surface area contributed by atoms with Crippen LogP contribution in [0, 0.1) is 20.8 Å². The molecule has 2 nitrogen and oxygen atoms in total. The molecule has 0 fully saturated rings. The van der Waals surface area contributed by atoms with Crippen LogP contribution in [0.3, 0.4) is 0 Å². The van der Waals surface area contributed by atoms with E-state index in [1.807, 2.05) is 13.0 Å². The van der Waals surface area contributed by atoms with Gasteiger partial charge < -0.3 is 0 Å². The Bertz CT molecular complexity index is 537. The van der Waals surface area contributed by atoms with Crippen LogP contribution in [0.2, 0.25) is 0 Å². The van der Waals surface area contributed by atoms with Crippen LogP contribution in [0.4, 0.5) is 0 Å². The van der Waals surface area contributed by atoms with Crippen molar-refractivity contribution in [1.29, 1.82) is 0 Å². The number of hydrogen-bond acceptors (Lipinski definition) is 3. The molecule has 0 radical (unpaired) electrons.